The van der Waals surface area contributed by atoms with Crippen LogP contribution in [-0.2, 0) is 4.74 Å². The summed E-state index contributed by atoms with van der Waals surface area (Å²) in [5, 5.41) is 16.6. The van der Waals surface area contributed by atoms with Crippen LogP contribution in [0.1, 0.15) is 42.9 Å². The Bertz CT molecular complexity index is 357. The topological polar surface area (TPSA) is 80.4 Å². The monoisotopic (exact) mass is 239 g/mol. The maximum absolute atomic E-state index is 9.44. The lowest BCUT2D eigenvalue weighted by Crippen LogP contribution is -2.17. The van der Waals surface area contributed by atoms with Crippen molar-refractivity contribution in [3.05, 3.63) is 11.7 Å². The summed E-state index contributed by atoms with van der Waals surface area (Å²) < 4.78 is 10.7. The first-order valence-electron chi connectivity index (χ1n) is 6.15. The van der Waals surface area contributed by atoms with Gasteiger partial charge in [-0.3, -0.25) is 0 Å². The van der Waals surface area contributed by atoms with Gasteiger partial charge in [-0.25, -0.2) is 0 Å². The molecular weight excluding hydrogens is 222 g/mol. The lowest BCUT2D eigenvalue weighted by atomic mass is 10.0. The summed E-state index contributed by atoms with van der Waals surface area (Å²) in [6.07, 6.45) is 2.44. The molecule has 0 spiro atoms. The summed E-state index contributed by atoms with van der Waals surface area (Å²) in [5.74, 6) is 1.58. The number of ether oxygens (including phenoxy) is 1. The van der Waals surface area contributed by atoms with Crippen LogP contribution >= 0.6 is 0 Å². The van der Waals surface area contributed by atoms with Gasteiger partial charge in [-0.2, -0.15) is 4.98 Å². The van der Waals surface area contributed by atoms with Crippen molar-refractivity contribution in [2.75, 3.05) is 19.8 Å². The highest BCUT2D eigenvalue weighted by atomic mass is 16.5. The average Bonchev–Trinajstić information content (AvgIpc) is 2.98. The zero-order valence-corrected chi connectivity index (χ0v) is 9.63. The Morgan fingerprint density at radius 1 is 1.41 bits per heavy atom. The van der Waals surface area contributed by atoms with Gasteiger partial charge in [0.15, 0.2) is 5.82 Å². The molecule has 17 heavy (non-hydrogen) atoms. The molecule has 2 unspecified atom stereocenters. The van der Waals surface area contributed by atoms with E-state index in [-0.39, 0.29) is 18.1 Å². The molecule has 0 amide bonds. The molecule has 2 saturated heterocycles. The molecule has 2 aliphatic rings. The summed E-state index contributed by atoms with van der Waals surface area (Å²) in [7, 11) is 0. The molecule has 0 aliphatic carbocycles. The zero-order valence-electron chi connectivity index (χ0n) is 9.63. The van der Waals surface area contributed by atoms with Crippen molar-refractivity contribution in [3.8, 4) is 0 Å². The molecule has 2 N–H and O–H groups in total. The summed E-state index contributed by atoms with van der Waals surface area (Å²) in [6, 6.07) is -0.00393. The van der Waals surface area contributed by atoms with Gasteiger partial charge in [-0.05, 0) is 19.3 Å². The first-order chi connectivity index (χ1) is 8.33. The number of aliphatic hydroxyl groups is 1. The minimum absolute atomic E-state index is 0.00393. The van der Waals surface area contributed by atoms with Crippen molar-refractivity contribution in [1.82, 2.24) is 15.5 Å². The fourth-order valence-corrected chi connectivity index (χ4v) is 2.40. The van der Waals surface area contributed by atoms with Crippen LogP contribution in [0.25, 0.3) is 0 Å². The third kappa shape index (κ3) is 2.34. The Hall–Kier alpha value is -0.980. The molecule has 0 aromatic carbocycles. The van der Waals surface area contributed by atoms with Crippen molar-refractivity contribution >= 4 is 0 Å². The maximum Gasteiger partial charge on any atom is 0.243 e. The van der Waals surface area contributed by atoms with Gasteiger partial charge in [-0.15, -0.1) is 0 Å². The first kappa shape index (κ1) is 11.1. The summed E-state index contributed by atoms with van der Waals surface area (Å²) in [5.41, 5.74) is 0. The predicted octanol–water partition coefficient (Wildman–Crippen LogP) is 0.359. The van der Waals surface area contributed by atoms with E-state index in [1.807, 2.05) is 0 Å². The van der Waals surface area contributed by atoms with Crippen molar-refractivity contribution in [2.45, 2.75) is 37.3 Å². The summed E-state index contributed by atoms with van der Waals surface area (Å²) >= 11 is 0. The van der Waals surface area contributed by atoms with Crippen LogP contribution in [0, 0.1) is 0 Å². The van der Waals surface area contributed by atoms with Gasteiger partial charge in [0, 0.05) is 19.1 Å². The highest BCUT2D eigenvalue weighted by Crippen LogP contribution is 2.26. The molecule has 6 heteroatoms. The molecule has 0 saturated carbocycles. The van der Waals surface area contributed by atoms with E-state index in [0.717, 1.165) is 25.3 Å². The largest absolute Gasteiger partial charge is 0.392 e. The van der Waals surface area contributed by atoms with Crippen molar-refractivity contribution in [3.63, 3.8) is 0 Å². The van der Waals surface area contributed by atoms with Crippen LogP contribution in [0.4, 0.5) is 0 Å². The maximum atomic E-state index is 9.44. The van der Waals surface area contributed by atoms with Crippen LogP contribution in [-0.4, -0.2) is 41.1 Å². The number of rotatable bonds is 2. The Kier molecular flexibility index (Phi) is 3.09. The molecular formula is C11H17N3O3. The van der Waals surface area contributed by atoms with Gasteiger partial charge in [0.05, 0.1) is 18.8 Å². The SMILES string of the molecule is OC1CN[C@H](c2nc(C3CCCOC3)no2)C1. The van der Waals surface area contributed by atoms with E-state index in [1.165, 1.54) is 0 Å². The van der Waals surface area contributed by atoms with Crippen LogP contribution in [0.15, 0.2) is 4.52 Å². The second kappa shape index (κ2) is 4.72. The molecule has 3 rings (SSSR count). The highest BCUT2D eigenvalue weighted by Gasteiger charge is 2.29. The van der Waals surface area contributed by atoms with E-state index in [1.54, 1.807) is 0 Å². The van der Waals surface area contributed by atoms with Gasteiger partial charge in [-0.1, -0.05) is 5.16 Å². The fourth-order valence-electron chi connectivity index (χ4n) is 2.40. The molecule has 2 aliphatic heterocycles. The average molecular weight is 239 g/mol. The van der Waals surface area contributed by atoms with Crippen LogP contribution in [0.5, 0.6) is 0 Å². The number of hydrogen-bond acceptors (Lipinski definition) is 6. The number of nitrogens with one attached hydrogen (secondary N) is 1. The Morgan fingerprint density at radius 2 is 2.35 bits per heavy atom. The number of aromatic nitrogens is 2. The molecule has 3 atom stereocenters. The minimum atomic E-state index is -0.312. The highest BCUT2D eigenvalue weighted by molar-refractivity contribution is 5.01. The molecule has 94 valence electrons. The second-order valence-electron chi connectivity index (χ2n) is 4.76. The second-order valence-corrected chi connectivity index (χ2v) is 4.76. The molecule has 0 bridgehead atoms. The lowest BCUT2D eigenvalue weighted by Gasteiger charge is -2.18. The minimum Gasteiger partial charge on any atom is -0.392 e. The molecule has 6 nitrogen and oxygen atoms in total. The van der Waals surface area contributed by atoms with Crippen LogP contribution < -0.4 is 5.32 Å². The molecule has 3 heterocycles. The van der Waals surface area contributed by atoms with Crippen LogP contribution in [0.3, 0.4) is 0 Å². The van der Waals surface area contributed by atoms with E-state index in [2.05, 4.69) is 15.5 Å². The smallest absolute Gasteiger partial charge is 0.243 e. The molecule has 1 aromatic rings. The third-order valence-electron chi connectivity index (χ3n) is 3.39. The molecule has 0 radical (unpaired) electrons. The van der Waals surface area contributed by atoms with Gasteiger partial charge in [0.2, 0.25) is 5.89 Å². The van der Waals surface area contributed by atoms with Gasteiger partial charge < -0.3 is 19.7 Å². The number of aliphatic hydroxyl groups excluding tert-OH is 1. The molecule has 2 fully saturated rings. The lowest BCUT2D eigenvalue weighted by molar-refractivity contribution is 0.0773. The zero-order chi connectivity index (χ0) is 11.7. The Balaban J connectivity index is 1.69. The van der Waals surface area contributed by atoms with Gasteiger partial charge in [0.1, 0.15) is 0 Å². The van der Waals surface area contributed by atoms with Gasteiger partial charge >= 0.3 is 0 Å². The number of β-amino-alcohol motifs (C(OH)–C–C–N with tert-alkyl or cyclic N) is 1. The van der Waals surface area contributed by atoms with E-state index in [4.69, 9.17) is 9.26 Å². The van der Waals surface area contributed by atoms with Crippen molar-refractivity contribution < 1.29 is 14.4 Å². The quantitative estimate of drug-likeness (QED) is 0.775. The normalized spacial score (nSPS) is 34.1. The number of nitrogens with zero attached hydrogens (tertiary/aromatic N) is 2. The molecule has 1 aromatic heterocycles. The fraction of sp³-hybridized carbons (Fsp3) is 0.818. The van der Waals surface area contributed by atoms with Gasteiger partial charge in [0.25, 0.3) is 0 Å². The predicted molar refractivity (Wildman–Crippen MR) is 58.5 cm³/mol. The van der Waals surface area contributed by atoms with E-state index in [9.17, 15) is 5.11 Å². The third-order valence-corrected chi connectivity index (χ3v) is 3.39. The van der Waals surface area contributed by atoms with Crippen molar-refractivity contribution in [1.29, 1.82) is 0 Å². The number of hydrogen-bond donors (Lipinski definition) is 2. The van der Waals surface area contributed by atoms with E-state index in [0.29, 0.717) is 25.5 Å². The standard InChI is InChI=1S/C11H17N3O3/c15-8-4-9(12-5-8)11-13-10(14-17-11)7-2-1-3-16-6-7/h7-9,12,15H,1-6H2/t7?,8?,9-/m0/s1. The van der Waals surface area contributed by atoms with E-state index >= 15 is 0 Å². The van der Waals surface area contributed by atoms with Crippen molar-refractivity contribution in [2.24, 2.45) is 0 Å². The first-order valence-corrected chi connectivity index (χ1v) is 6.15. The Labute approximate surface area is 99.3 Å². The summed E-state index contributed by atoms with van der Waals surface area (Å²) in [6.45, 7) is 2.10. The summed E-state index contributed by atoms with van der Waals surface area (Å²) in [4.78, 5) is 4.42. The Morgan fingerprint density at radius 3 is 3.06 bits per heavy atom. The van der Waals surface area contributed by atoms with E-state index < -0.39 is 0 Å². The van der Waals surface area contributed by atoms with Crippen LogP contribution in [0.2, 0.25) is 0 Å².